The van der Waals surface area contributed by atoms with Gasteiger partial charge in [-0.2, -0.15) is 0 Å². The van der Waals surface area contributed by atoms with Crippen LogP contribution in [0, 0.1) is 11.3 Å². The van der Waals surface area contributed by atoms with Crippen molar-refractivity contribution in [3.8, 4) is 0 Å². The summed E-state index contributed by atoms with van der Waals surface area (Å²) in [6.07, 6.45) is 4.44. The molecule has 7 nitrogen and oxygen atoms in total. The molecule has 2 fully saturated rings. The minimum absolute atomic E-state index is 0.141. The average molecular weight is 367 g/mol. The Hall–Kier alpha value is -1.63. The molecule has 2 atom stereocenters. The Morgan fingerprint density at radius 1 is 1.00 bits per heavy atom. The Kier molecular flexibility index (Phi) is 7.03. The van der Waals surface area contributed by atoms with E-state index >= 15 is 0 Å². The second-order valence-electron chi connectivity index (χ2n) is 8.71. The summed E-state index contributed by atoms with van der Waals surface area (Å²) in [7, 11) is 0. The number of nitrogens with zero attached hydrogens (tertiary/aromatic N) is 2. The Labute approximate surface area is 156 Å². The number of amides is 4. The number of carbonyl (C=O) groups is 3. The molecule has 0 aromatic heterocycles. The molecule has 148 valence electrons. The van der Waals surface area contributed by atoms with Gasteiger partial charge in [-0.15, -0.1) is 0 Å². The summed E-state index contributed by atoms with van der Waals surface area (Å²) in [5.41, 5.74) is -0.381. The summed E-state index contributed by atoms with van der Waals surface area (Å²) in [6, 6.07) is -0.237. The van der Waals surface area contributed by atoms with Crippen molar-refractivity contribution in [1.29, 1.82) is 0 Å². The first-order valence-corrected chi connectivity index (χ1v) is 9.79. The van der Waals surface area contributed by atoms with E-state index < -0.39 is 6.03 Å². The molecule has 7 heteroatoms. The van der Waals surface area contributed by atoms with Gasteiger partial charge in [-0.3, -0.25) is 19.8 Å². The fraction of sp³-hybridized carbons (Fsp3) is 0.842. The van der Waals surface area contributed by atoms with Crippen LogP contribution < -0.4 is 10.6 Å². The van der Waals surface area contributed by atoms with E-state index in [9.17, 15) is 14.4 Å². The Balaban J connectivity index is 1.70. The van der Waals surface area contributed by atoms with E-state index in [2.05, 4.69) is 17.6 Å². The molecule has 0 radical (unpaired) electrons. The molecule has 1 aliphatic heterocycles. The van der Waals surface area contributed by atoms with Crippen LogP contribution in [0.25, 0.3) is 0 Å². The first-order valence-electron chi connectivity index (χ1n) is 9.79. The van der Waals surface area contributed by atoms with Gasteiger partial charge in [0.25, 0.3) is 0 Å². The number of carbonyl (C=O) groups excluding carboxylic acids is 3. The van der Waals surface area contributed by atoms with Crippen LogP contribution in [0.2, 0.25) is 0 Å². The molecule has 0 bridgehead atoms. The van der Waals surface area contributed by atoms with Crippen LogP contribution in [0.4, 0.5) is 4.79 Å². The molecular weight excluding hydrogens is 332 g/mol. The molecule has 1 aliphatic carbocycles. The van der Waals surface area contributed by atoms with E-state index in [0.717, 1.165) is 19.3 Å². The molecule has 2 N–H and O–H groups in total. The first kappa shape index (κ1) is 20.7. The monoisotopic (exact) mass is 366 g/mol. The summed E-state index contributed by atoms with van der Waals surface area (Å²) in [6.45, 7) is 10.6. The second-order valence-corrected chi connectivity index (χ2v) is 8.71. The Morgan fingerprint density at radius 2 is 1.62 bits per heavy atom. The third kappa shape index (κ3) is 5.97. The number of piperazine rings is 1. The summed E-state index contributed by atoms with van der Waals surface area (Å²) < 4.78 is 0. The van der Waals surface area contributed by atoms with E-state index in [1.807, 2.05) is 30.6 Å². The third-order valence-corrected chi connectivity index (χ3v) is 5.35. The third-order valence-electron chi connectivity index (χ3n) is 5.35. The molecule has 0 aromatic rings. The zero-order valence-corrected chi connectivity index (χ0v) is 16.6. The fourth-order valence-corrected chi connectivity index (χ4v) is 3.69. The van der Waals surface area contributed by atoms with Crippen molar-refractivity contribution in [2.75, 3.05) is 32.7 Å². The quantitative estimate of drug-likeness (QED) is 0.795. The van der Waals surface area contributed by atoms with Gasteiger partial charge >= 0.3 is 6.03 Å². The Bertz CT molecular complexity index is 521. The van der Waals surface area contributed by atoms with E-state index in [1.165, 1.54) is 6.42 Å². The second kappa shape index (κ2) is 8.84. The van der Waals surface area contributed by atoms with Gasteiger partial charge in [-0.25, -0.2) is 4.79 Å². The van der Waals surface area contributed by atoms with Gasteiger partial charge in [-0.05, 0) is 18.8 Å². The molecule has 2 rings (SSSR count). The lowest BCUT2D eigenvalue weighted by molar-refractivity contribution is -0.141. The van der Waals surface area contributed by atoms with Gasteiger partial charge < -0.3 is 10.2 Å². The SMILES string of the molecule is CC1CCCCC1NC(=O)NC(=O)CN1CCN(C(=O)C(C)(C)C)CC1. The molecule has 4 amide bonds. The molecule has 1 heterocycles. The molecule has 0 aromatic carbocycles. The lowest BCUT2D eigenvalue weighted by Gasteiger charge is -2.37. The van der Waals surface area contributed by atoms with E-state index in [4.69, 9.17) is 0 Å². The van der Waals surface area contributed by atoms with Crippen LogP contribution in [0.1, 0.15) is 53.4 Å². The van der Waals surface area contributed by atoms with Crippen molar-refractivity contribution >= 4 is 17.8 Å². The highest BCUT2D eigenvalue weighted by Crippen LogP contribution is 2.23. The van der Waals surface area contributed by atoms with Crippen LogP contribution >= 0.6 is 0 Å². The standard InChI is InChI=1S/C19H34N4O3/c1-14-7-5-6-8-15(14)20-18(26)21-16(24)13-22-9-11-23(12-10-22)17(25)19(2,3)4/h14-15H,5-13H2,1-4H3,(H2,20,21,24,26). The minimum Gasteiger partial charge on any atom is -0.340 e. The maximum Gasteiger partial charge on any atom is 0.321 e. The van der Waals surface area contributed by atoms with Crippen LogP contribution in [0.15, 0.2) is 0 Å². The number of rotatable bonds is 3. The zero-order chi connectivity index (χ0) is 19.3. The highest BCUT2D eigenvalue weighted by atomic mass is 16.2. The number of hydrogen-bond donors (Lipinski definition) is 2. The zero-order valence-electron chi connectivity index (χ0n) is 16.6. The molecule has 2 aliphatic rings. The summed E-state index contributed by atoms with van der Waals surface area (Å²) in [5, 5.41) is 5.38. The fourth-order valence-electron chi connectivity index (χ4n) is 3.69. The van der Waals surface area contributed by atoms with Gasteiger partial charge in [-0.1, -0.05) is 40.5 Å². The van der Waals surface area contributed by atoms with E-state index in [-0.39, 0.29) is 29.8 Å². The summed E-state index contributed by atoms with van der Waals surface area (Å²) >= 11 is 0. The highest BCUT2D eigenvalue weighted by Gasteiger charge is 2.30. The number of imide groups is 1. The van der Waals surface area contributed by atoms with Gasteiger partial charge in [0.05, 0.1) is 6.54 Å². The maximum atomic E-state index is 12.3. The predicted molar refractivity (Wildman–Crippen MR) is 101 cm³/mol. The van der Waals surface area contributed by atoms with Crippen molar-refractivity contribution < 1.29 is 14.4 Å². The van der Waals surface area contributed by atoms with Gasteiger partial charge in [0.15, 0.2) is 0 Å². The number of hydrogen-bond acceptors (Lipinski definition) is 4. The number of nitrogens with one attached hydrogen (secondary N) is 2. The largest absolute Gasteiger partial charge is 0.340 e. The van der Waals surface area contributed by atoms with Gasteiger partial charge in [0.1, 0.15) is 0 Å². The molecular formula is C19H34N4O3. The van der Waals surface area contributed by atoms with Crippen LogP contribution in [0.5, 0.6) is 0 Å². The smallest absolute Gasteiger partial charge is 0.321 e. The molecule has 1 saturated heterocycles. The number of urea groups is 1. The van der Waals surface area contributed by atoms with Crippen molar-refractivity contribution in [3.05, 3.63) is 0 Å². The highest BCUT2D eigenvalue weighted by molar-refractivity contribution is 5.95. The first-order chi connectivity index (χ1) is 12.2. The van der Waals surface area contributed by atoms with Gasteiger partial charge in [0, 0.05) is 37.6 Å². The molecule has 26 heavy (non-hydrogen) atoms. The molecule has 2 unspecified atom stereocenters. The van der Waals surface area contributed by atoms with Crippen LogP contribution in [-0.4, -0.2) is 66.4 Å². The summed E-state index contributed by atoms with van der Waals surface area (Å²) in [4.78, 5) is 40.3. The van der Waals surface area contributed by atoms with E-state index in [1.54, 1.807) is 0 Å². The molecule has 1 saturated carbocycles. The van der Waals surface area contributed by atoms with Crippen molar-refractivity contribution in [2.24, 2.45) is 11.3 Å². The van der Waals surface area contributed by atoms with Crippen molar-refractivity contribution in [2.45, 2.75) is 59.4 Å². The predicted octanol–water partition coefficient (Wildman–Crippen LogP) is 1.58. The van der Waals surface area contributed by atoms with Gasteiger partial charge in [0.2, 0.25) is 11.8 Å². The van der Waals surface area contributed by atoms with E-state index in [0.29, 0.717) is 32.1 Å². The lowest BCUT2D eigenvalue weighted by atomic mass is 9.86. The molecule has 0 spiro atoms. The normalized spacial score (nSPS) is 24.8. The van der Waals surface area contributed by atoms with Crippen molar-refractivity contribution in [1.82, 2.24) is 20.4 Å². The van der Waals surface area contributed by atoms with Crippen molar-refractivity contribution in [3.63, 3.8) is 0 Å². The summed E-state index contributed by atoms with van der Waals surface area (Å²) in [5.74, 6) is 0.308. The lowest BCUT2D eigenvalue weighted by Crippen LogP contribution is -2.54. The maximum absolute atomic E-state index is 12.3. The Morgan fingerprint density at radius 3 is 2.19 bits per heavy atom. The average Bonchev–Trinajstić information content (AvgIpc) is 2.56. The topological polar surface area (TPSA) is 81.8 Å². The van der Waals surface area contributed by atoms with Crippen LogP contribution in [-0.2, 0) is 9.59 Å². The van der Waals surface area contributed by atoms with Crippen LogP contribution in [0.3, 0.4) is 0 Å². The minimum atomic E-state index is -0.393.